The number of aryl methyl sites for hydroxylation is 1. The summed E-state index contributed by atoms with van der Waals surface area (Å²) in [7, 11) is 1.98. The van der Waals surface area contributed by atoms with E-state index >= 15 is 0 Å². The fourth-order valence-electron chi connectivity index (χ4n) is 7.03. The Morgan fingerprint density at radius 3 is 2.32 bits per heavy atom. The Balaban J connectivity index is 1.45. The van der Waals surface area contributed by atoms with E-state index in [0.717, 1.165) is 53.2 Å². The molecule has 4 aliphatic carbocycles. The van der Waals surface area contributed by atoms with Gasteiger partial charge in [-0.3, -0.25) is 0 Å². The number of hydrogen-bond donors (Lipinski definition) is 1. The van der Waals surface area contributed by atoms with Gasteiger partial charge in [0.2, 0.25) is 0 Å². The smallest absolute Gasteiger partial charge is 0.356 e. The molecular formula is C24H30N2O2. The van der Waals surface area contributed by atoms with Crippen molar-refractivity contribution in [2.24, 2.45) is 30.2 Å². The van der Waals surface area contributed by atoms with Gasteiger partial charge in [0.25, 0.3) is 0 Å². The predicted octanol–water partition coefficient (Wildman–Crippen LogP) is 5.24. The minimum absolute atomic E-state index is 0.241. The van der Waals surface area contributed by atoms with Crippen molar-refractivity contribution in [2.45, 2.75) is 58.3 Å². The van der Waals surface area contributed by atoms with Crippen molar-refractivity contribution in [1.82, 2.24) is 9.55 Å². The average Bonchev–Trinajstić information content (AvgIpc) is 2.96. The zero-order valence-corrected chi connectivity index (χ0v) is 16.9. The lowest BCUT2D eigenvalue weighted by atomic mass is 9.48. The third-order valence-corrected chi connectivity index (χ3v) is 7.86. The first-order chi connectivity index (χ1) is 13.4. The normalized spacial score (nSPS) is 30.7. The largest absolute Gasteiger partial charge is 0.476 e. The number of hydrogen-bond acceptors (Lipinski definition) is 2. The molecule has 1 aromatic carbocycles. The first-order valence-corrected chi connectivity index (χ1v) is 10.8. The summed E-state index contributed by atoms with van der Waals surface area (Å²) in [6.07, 6.45) is 10.4. The van der Waals surface area contributed by atoms with Crippen molar-refractivity contribution in [3.63, 3.8) is 0 Å². The Kier molecular flexibility index (Phi) is 4.15. The summed E-state index contributed by atoms with van der Waals surface area (Å²) in [4.78, 5) is 16.5. The molecule has 4 saturated carbocycles. The fraction of sp³-hybridized carbons (Fsp3) is 0.583. The number of carboxylic acid groups (broad SMARTS) is 1. The van der Waals surface area contributed by atoms with E-state index in [0.29, 0.717) is 5.41 Å². The van der Waals surface area contributed by atoms with Crippen molar-refractivity contribution in [3.05, 3.63) is 41.2 Å². The van der Waals surface area contributed by atoms with Gasteiger partial charge in [-0.25, -0.2) is 9.78 Å². The lowest BCUT2D eigenvalue weighted by molar-refractivity contribution is -0.0571. The summed E-state index contributed by atoms with van der Waals surface area (Å²) < 4.78 is 2.03. The highest BCUT2D eigenvalue weighted by Crippen LogP contribution is 2.61. The van der Waals surface area contributed by atoms with E-state index in [4.69, 9.17) is 0 Å². The highest BCUT2D eigenvalue weighted by molar-refractivity contribution is 5.88. The van der Waals surface area contributed by atoms with Gasteiger partial charge in [-0.1, -0.05) is 24.3 Å². The average molecular weight is 379 g/mol. The molecule has 6 rings (SSSR count). The number of rotatable bonds is 5. The number of carbonyl (C=O) groups is 1. The minimum Gasteiger partial charge on any atom is -0.476 e. The second-order valence-corrected chi connectivity index (χ2v) is 9.83. The SMILES string of the molecule is Cc1ccccc1-c1nc(C(=O)O)c(CCC23CC4CC(CC(C4)C2)C3)n1C. The molecule has 1 N–H and O–H groups in total. The maximum absolute atomic E-state index is 12.0. The molecule has 28 heavy (non-hydrogen) atoms. The van der Waals surface area contributed by atoms with Crippen LogP contribution in [0, 0.1) is 30.1 Å². The first-order valence-electron chi connectivity index (χ1n) is 10.8. The van der Waals surface area contributed by atoms with Gasteiger partial charge in [0.15, 0.2) is 5.69 Å². The standard InChI is InChI=1S/C24H30N2O2/c1-15-5-3-4-6-19(15)22-25-21(23(27)28)20(26(22)2)7-8-24-12-16-9-17(13-24)11-18(10-16)14-24/h3-6,16-18H,7-14H2,1-2H3,(H,27,28). The maximum Gasteiger partial charge on any atom is 0.356 e. The molecule has 1 heterocycles. The molecule has 4 fully saturated rings. The molecule has 0 aliphatic heterocycles. The molecule has 1 aromatic heterocycles. The topological polar surface area (TPSA) is 55.1 Å². The highest BCUT2D eigenvalue weighted by Gasteiger charge is 2.50. The Morgan fingerprint density at radius 2 is 1.75 bits per heavy atom. The molecule has 148 valence electrons. The van der Waals surface area contributed by atoms with Crippen molar-refractivity contribution < 1.29 is 9.90 Å². The van der Waals surface area contributed by atoms with Crippen LogP contribution in [0.4, 0.5) is 0 Å². The van der Waals surface area contributed by atoms with Gasteiger partial charge < -0.3 is 9.67 Å². The molecular weight excluding hydrogens is 348 g/mol. The van der Waals surface area contributed by atoms with Crippen LogP contribution in [0.1, 0.15) is 66.7 Å². The molecule has 4 nitrogen and oxygen atoms in total. The van der Waals surface area contributed by atoms with Crippen LogP contribution >= 0.6 is 0 Å². The van der Waals surface area contributed by atoms with E-state index < -0.39 is 5.97 Å². The van der Waals surface area contributed by atoms with Gasteiger partial charge in [-0.15, -0.1) is 0 Å². The van der Waals surface area contributed by atoms with E-state index in [9.17, 15) is 9.90 Å². The highest BCUT2D eigenvalue weighted by atomic mass is 16.4. The van der Waals surface area contributed by atoms with Crippen LogP contribution in [0.5, 0.6) is 0 Å². The molecule has 0 radical (unpaired) electrons. The van der Waals surface area contributed by atoms with Crippen LogP contribution in [0.3, 0.4) is 0 Å². The van der Waals surface area contributed by atoms with Gasteiger partial charge in [-0.05, 0) is 87.0 Å². The number of nitrogens with zero attached hydrogens (tertiary/aromatic N) is 2. The molecule has 0 atom stereocenters. The second-order valence-electron chi connectivity index (χ2n) is 9.83. The summed E-state index contributed by atoms with van der Waals surface area (Å²) in [6, 6.07) is 8.09. The van der Waals surface area contributed by atoms with Crippen LogP contribution in [0.15, 0.2) is 24.3 Å². The lowest BCUT2D eigenvalue weighted by Gasteiger charge is -2.57. The van der Waals surface area contributed by atoms with Crippen LogP contribution in [0.25, 0.3) is 11.4 Å². The summed E-state index contributed by atoms with van der Waals surface area (Å²) in [5.74, 6) is 2.66. The molecule has 0 saturated heterocycles. The van der Waals surface area contributed by atoms with Crippen molar-refractivity contribution in [3.8, 4) is 11.4 Å². The quantitative estimate of drug-likeness (QED) is 0.774. The van der Waals surface area contributed by atoms with Crippen LogP contribution < -0.4 is 0 Å². The molecule has 0 spiro atoms. The Hall–Kier alpha value is -2.10. The summed E-state index contributed by atoms with van der Waals surface area (Å²) in [5, 5.41) is 9.80. The number of imidazole rings is 1. The second kappa shape index (κ2) is 6.47. The molecule has 4 bridgehead atoms. The van der Waals surface area contributed by atoms with E-state index in [1.54, 1.807) is 0 Å². The molecule has 2 aromatic rings. The molecule has 0 unspecified atom stereocenters. The lowest BCUT2D eigenvalue weighted by Crippen LogP contribution is -2.46. The van der Waals surface area contributed by atoms with E-state index in [1.807, 2.05) is 29.8 Å². The van der Waals surface area contributed by atoms with Crippen LogP contribution in [-0.2, 0) is 13.5 Å². The Labute approximate surface area is 167 Å². The van der Waals surface area contributed by atoms with E-state index in [-0.39, 0.29) is 5.69 Å². The number of aromatic nitrogens is 2. The van der Waals surface area contributed by atoms with Gasteiger partial charge >= 0.3 is 5.97 Å². The number of carboxylic acids is 1. The molecule has 4 aliphatic rings. The van der Waals surface area contributed by atoms with Gasteiger partial charge in [0.05, 0.1) is 5.69 Å². The number of benzene rings is 1. The van der Waals surface area contributed by atoms with Crippen molar-refractivity contribution in [1.29, 1.82) is 0 Å². The Morgan fingerprint density at radius 1 is 1.14 bits per heavy atom. The summed E-state index contributed by atoms with van der Waals surface area (Å²) in [5.41, 5.74) is 3.73. The van der Waals surface area contributed by atoms with Crippen LogP contribution in [0.2, 0.25) is 0 Å². The predicted molar refractivity (Wildman–Crippen MR) is 109 cm³/mol. The Bertz CT molecular complexity index is 891. The fourth-order valence-corrected chi connectivity index (χ4v) is 7.03. The van der Waals surface area contributed by atoms with Gasteiger partial charge in [0.1, 0.15) is 5.82 Å². The van der Waals surface area contributed by atoms with Crippen LogP contribution in [-0.4, -0.2) is 20.6 Å². The zero-order valence-electron chi connectivity index (χ0n) is 16.9. The molecule has 4 heteroatoms. The first kappa shape index (κ1) is 18.0. The maximum atomic E-state index is 12.0. The summed E-state index contributed by atoms with van der Waals surface area (Å²) >= 11 is 0. The van der Waals surface area contributed by atoms with Crippen molar-refractivity contribution >= 4 is 5.97 Å². The van der Waals surface area contributed by atoms with Gasteiger partial charge in [0, 0.05) is 12.6 Å². The summed E-state index contributed by atoms with van der Waals surface area (Å²) in [6.45, 7) is 2.06. The molecule has 0 amide bonds. The van der Waals surface area contributed by atoms with E-state index in [1.165, 1.54) is 38.5 Å². The van der Waals surface area contributed by atoms with Gasteiger partial charge in [-0.2, -0.15) is 0 Å². The number of aromatic carboxylic acids is 1. The third kappa shape index (κ3) is 2.89. The van der Waals surface area contributed by atoms with E-state index in [2.05, 4.69) is 18.0 Å². The monoisotopic (exact) mass is 378 g/mol. The third-order valence-electron chi connectivity index (χ3n) is 7.86. The minimum atomic E-state index is -0.907. The van der Waals surface area contributed by atoms with Crippen molar-refractivity contribution in [2.75, 3.05) is 0 Å². The zero-order chi connectivity index (χ0) is 19.5.